The van der Waals surface area contributed by atoms with E-state index in [1.54, 1.807) is 12.1 Å². The van der Waals surface area contributed by atoms with Gasteiger partial charge in [-0.25, -0.2) is 4.79 Å². The second-order valence-electron chi connectivity index (χ2n) is 3.39. The van der Waals surface area contributed by atoms with E-state index in [9.17, 15) is 4.79 Å². The number of rotatable bonds is 3. The molecule has 6 heteroatoms. The first-order valence-corrected chi connectivity index (χ1v) is 5.63. The third-order valence-corrected chi connectivity index (χ3v) is 2.63. The minimum Gasteiger partial charge on any atom is -0.478 e. The highest BCUT2D eigenvalue weighted by atomic mass is 35.5. The first-order valence-electron chi connectivity index (χ1n) is 4.87. The summed E-state index contributed by atoms with van der Waals surface area (Å²) in [4.78, 5) is 14.6. The molecule has 4 nitrogen and oxygen atoms in total. The Kier molecular flexibility index (Phi) is 3.69. The quantitative estimate of drug-likeness (QED) is 0.929. The van der Waals surface area contributed by atoms with Gasteiger partial charge in [0.1, 0.15) is 11.5 Å². The van der Waals surface area contributed by atoms with Gasteiger partial charge >= 0.3 is 5.97 Å². The fraction of sp³-hybridized carbons (Fsp3) is 0. The molecule has 0 radical (unpaired) electrons. The minimum atomic E-state index is -1.08. The molecule has 0 saturated carbocycles. The molecule has 92 valence electrons. The summed E-state index contributed by atoms with van der Waals surface area (Å²) in [5.41, 5.74) is 0.0330. The Morgan fingerprint density at radius 2 is 2.00 bits per heavy atom. The third-order valence-electron chi connectivity index (χ3n) is 2.08. The van der Waals surface area contributed by atoms with Gasteiger partial charge in [-0.05, 0) is 18.2 Å². The maximum absolute atomic E-state index is 10.8. The topological polar surface area (TPSA) is 59.4 Å². The second-order valence-corrected chi connectivity index (χ2v) is 4.23. The SMILES string of the molecule is O=C(O)c1cncc(Oc2cc(Cl)ccc2Cl)c1. The Hall–Kier alpha value is -1.78. The molecule has 1 aromatic carbocycles. The van der Waals surface area contributed by atoms with Crippen molar-refractivity contribution >= 4 is 29.2 Å². The van der Waals surface area contributed by atoms with Crippen molar-refractivity contribution in [1.29, 1.82) is 0 Å². The van der Waals surface area contributed by atoms with E-state index in [1.807, 2.05) is 0 Å². The largest absolute Gasteiger partial charge is 0.478 e. The Labute approximate surface area is 113 Å². The Bertz CT molecular complexity index is 602. The van der Waals surface area contributed by atoms with E-state index >= 15 is 0 Å². The van der Waals surface area contributed by atoms with E-state index in [0.29, 0.717) is 15.8 Å². The van der Waals surface area contributed by atoms with Crippen molar-refractivity contribution in [2.24, 2.45) is 0 Å². The Morgan fingerprint density at radius 3 is 2.72 bits per heavy atom. The molecular formula is C12H7Cl2NO3. The predicted octanol–water partition coefficient (Wildman–Crippen LogP) is 3.88. The molecule has 1 N–H and O–H groups in total. The molecule has 0 atom stereocenters. The molecule has 0 aliphatic rings. The fourth-order valence-corrected chi connectivity index (χ4v) is 1.59. The van der Waals surface area contributed by atoms with Gasteiger partial charge in [0.15, 0.2) is 0 Å². The number of nitrogens with zero attached hydrogens (tertiary/aromatic N) is 1. The van der Waals surface area contributed by atoms with Gasteiger partial charge in [-0.15, -0.1) is 0 Å². The summed E-state index contributed by atoms with van der Waals surface area (Å²) in [5.74, 6) is -0.460. The zero-order valence-corrected chi connectivity index (χ0v) is 10.4. The van der Waals surface area contributed by atoms with Gasteiger partial charge in [0, 0.05) is 17.3 Å². The van der Waals surface area contributed by atoms with Crippen molar-refractivity contribution in [3.05, 3.63) is 52.3 Å². The molecule has 1 aromatic heterocycles. The number of ether oxygens (including phenoxy) is 1. The molecule has 1 heterocycles. The molecule has 2 aromatic rings. The van der Waals surface area contributed by atoms with Crippen LogP contribution in [0.4, 0.5) is 0 Å². The molecule has 0 aliphatic carbocycles. The molecule has 0 saturated heterocycles. The van der Waals surface area contributed by atoms with Crippen molar-refractivity contribution in [2.75, 3.05) is 0 Å². The summed E-state index contributed by atoms with van der Waals surface area (Å²) in [7, 11) is 0. The molecule has 0 spiro atoms. The van der Waals surface area contributed by atoms with Crippen LogP contribution in [0.1, 0.15) is 10.4 Å². The predicted molar refractivity (Wildman–Crippen MR) is 67.7 cm³/mol. The number of aromatic nitrogens is 1. The summed E-state index contributed by atoms with van der Waals surface area (Å²) in [6.45, 7) is 0. The van der Waals surface area contributed by atoms with E-state index in [1.165, 1.54) is 24.5 Å². The van der Waals surface area contributed by atoms with Crippen LogP contribution in [0.5, 0.6) is 11.5 Å². The highest BCUT2D eigenvalue weighted by Gasteiger charge is 2.08. The van der Waals surface area contributed by atoms with Crippen LogP contribution in [0.25, 0.3) is 0 Å². The van der Waals surface area contributed by atoms with Gasteiger partial charge in [-0.2, -0.15) is 0 Å². The molecule has 0 aliphatic heterocycles. The zero-order valence-electron chi connectivity index (χ0n) is 8.93. The number of halogens is 2. The molecule has 0 amide bonds. The van der Waals surface area contributed by atoms with Gasteiger partial charge in [-0.1, -0.05) is 23.2 Å². The van der Waals surface area contributed by atoms with Crippen LogP contribution in [0, 0.1) is 0 Å². The van der Waals surface area contributed by atoms with Gasteiger partial charge < -0.3 is 9.84 Å². The van der Waals surface area contributed by atoms with Crippen molar-refractivity contribution in [1.82, 2.24) is 4.98 Å². The van der Waals surface area contributed by atoms with Crippen molar-refractivity contribution in [3.63, 3.8) is 0 Å². The normalized spacial score (nSPS) is 10.1. The minimum absolute atomic E-state index is 0.0330. The number of aromatic carboxylic acids is 1. The third kappa shape index (κ3) is 2.91. The second kappa shape index (κ2) is 5.25. The summed E-state index contributed by atoms with van der Waals surface area (Å²) >= 11 is 11.7. The summed E-state index contributed by atoms with van der Waals surface area (Å²) in [6, 6.07) is 6.11. The first-order chi connectivity index (χ1) is 8.56. The molecular weight excluding hydrogens is 277 g/mol. The lowest BCUT2D eigenvalue weighted by atomic mass is 10.3. The number of hydrogen-bond donors (Lipinski definition) is 1. The van der Waals surface area contributed by atoms with Crippen LogP contribution in [-0.2, 0) is 0 Å². The monoisotopic (exact) mass is 283 g/mol. The Balaban J connectivity index is 2.31. The number of carboxylic acid groups (broad SMARTS) is 1. The summed E-state index contributed by atoms with van der Waals surface area (Å²) in [6.07, 6.45) is 2.62. The lowest BCUT2D eigenvalue weighted by Crippen LogP contribution is -1.97. The van der Waals surface area contributed by atoms with Crippen LogP contribution in [0.2, 0.25) is 10.0 Å². The molecule has 2 rings (SSSR count). The van der Waals surface area contributed by atoms with Crippen LogP contribution in [0.3, 0.4) is 0 Å². The zero-order chi connectivity index (χ0) is 13.1. The van der Waals surface area contributed by atoms with Crippen LogP contribution in [-0.4, -0.2) is 16.1 Å². The smallest absolute Gasteiger partial charge is 0.337 e. The lowest BCUT2D eigenvalue weighted by molar-refractivity contribution is 0.0696. The molecule has 18 heavy (non-hydrogen) atoms. The number of pyridine rings is 1. The fourth-order valence-electron chi connectivity index (χ4n) is 1.27. The Morgan fingerprint density at radius 1 is 1.22 bits per heavy atom. The van der Waals surface area contributed by atoms with E-state index in [0.717, 1.165) is 0 Å². The van der Waals surface area contributed by atoms with Crippen molar-refractivity contribution < 1.29 is 14.6 Å². The van der Waals surface area contributed by atoms with Crippen LogP contribution in [0.15, 0.2) is 36.7 Å². The van der Waals surface area contributed by atoms with Crippen LogP contribution < -0.4 is 4.74 Å². The maximum atomic E-state index is 10.8. The summed E-state index contributed by atoms with van der Waals surface area (Å²) < 4.78 is 5.44. The first kappa shape index (κ1) is 12.7. The number of carbonyl (C=O) groups is 1. The van der Waals surface area contributed by atoms with Gasteiger partial charge in [0.25, 0.3) is 0 Å². The summed E-state index contributed by atoms with van der Waals surface area (Å²) in [5, 5.41) is 9.68. The number of benzene rings is 1. The van der Waals surface area contributed by atoms with Crippen molar-refractivity contribution in [3.8, 4) is 11.5 Å². The van der Waals surface area contributed by atoms with Gasteiger partial charge in [0.05, 0.1) is 16.8 Å². The van der Waals surface area contributed by atoms with E-state index in [-0.39, 0.29) is 11.3 Å². The maximum Gasteiger partial charge on any atom is 0.337 e. The highest BCUT2D eigenvalue weighted by molar-refractivity contribution is 6.34. The number of carboxylic acids is 1. The average molecular weight is 284 g/mol. The van der Waals surface area contributed by atoms with Crippen LogP contribution >= 0.6 is 23.2 Å². The van der Waals surface area contributed by atoms with E-state index < -0.39 is 5.97 Å². The average Bonchev–Trinajstić information content (AvgIpc) is 2.34. The van der Waals surface area contributed by atoms with E-state index in [2.05, 4.69) is 4.98 Å². The molecule has 0 unspecified atom stereocenters. The molecule has 0 fully saturated rings. The van der Waals surface area contributed by atoms with Crippen molar-refractivity contribution in [2.45, 2.75) is 0 Å². The van der Waals surface area contributed by atoms with Gasteiger partial charge in [0.2, 0.25) is 0 Å². The van der Waals surface area contributed by atoms with E-state index in [4.69, 9.17) is 33.0 Å². The number of hydrogen-bond acceptors (Lipinski definition) is 3. The molecule has 0 bridgehead atoms. The highest BCUT2D eigenvalue weighted by Crippen LogP contribution is 2.31. The lowest BCUT2D eigenvalue weighted by Gasteiger charge is -2.07. The standard InChI is InChI=1S/C12H7Cl2NO3/c13-8-1-2-10(14)11(4-8)18-9-3-7(12(16)17)5-15-6-9/h1-6H,(H,16,17). The van der Waals surface area contributed by atoms with Gasteiger partial charge in [-0.3, -0.25) is 4.98 Å².